The Morgan fingerprint density at radius 3 is 0.585 bits per heavy atom. The average Bonchev–Trinajstić information content (AvgIpc) is 0.752. The molecule has 12 aromatic carbocycles. The van der Waals surface area contributed by atoms with Gasteiger partial charge < -0.3 is 20.4 Å². The molecule has 16 rings (SSSR count). The van der Waals surface area contributed by atoms with Gasteiger partial charge in [0, 0.05) is 157 Å². The van der Waals surface area contributed by atoms with E-state index in [0.717, 1.165) is 24.3 Å². The summed E-state index contributed by atoms with van der Waals surface area (Å²) in [5.74, 6) is -11.7. The minimum atomic E-state index is -1.44. The van der Waals surface area contributed by atoms with Crippen LogP contribution in [0.1, 0.15) is 105 Å². The summed E-state index contributed by atoms with van der Waals surface area (Å²) >= 11 is 0. The number of nitro groups is 4. The summed E-state index contributed by atoms with van der Waals surface area (Å²) in [6, 6.07) is 56.7. The summed E-state index contributed by atoms with van der Waals surface area (Å²) in [5.41, 5.74) is 1.73. The summed E-state index contributed by atoms with van der Waals surface area (Å²) in [6.07, 6.45) is -0.302. The second kappa shape index (κ2) is 34.7. The summed E-state index contributed by atoms with van der Waals surface area (Å²) in [4.78, 5) is 198. The minimum Gasteiger partial charge on any atom is -0.480 e. The zero-order valence-corrected chi connectivity index (χ0v) is 63.7. The van der Waals surface area contributed by atoms with Crippen LogP contribution >= 0.6 is 0 Å². The van der Waals surface area contributed by atoms with E-state index in [1.807, 2.05) is 0 Å². The van der Waals surface area contributed by atoms with Gasteiger partial charge in [-0.2, -0.15) is 0 Å². The van der Waals surface area contributed by atoms with Gasteiger partial charge in [-0.05, 0) is 68.1 Å². The number of carbonyl (C=O) groups excluding carboxylic acids is 8. The molecule has 0 spiro atoms. The van der Waals surface area contributed by atoms with Gasteiger partial charge in [-0.1, -0.05) is 170 Å². The van der Waals surface area contributed by atoms with Gasteiger partial charge in [-0.3, -0.25) is 98.4 Å². The molecule has 0 aromatic heterocycles. The van der Waals surface area contributed by atoms with Crippen LogP contribution in [0.15, 0.2) is 243 Å². The second-order valence-electron chi connectivity index (χ2n) is 26.7. The molecule has 2 radical (unpaired) electrons. The second-order valence-corrected chi connectivity index (χ2v) is 26.7. The molecule has 594 valence electrons. The van der Waals surface area contributed by atoms with Crippen LogP contribution < -0.4 is 0 Å². The van der Waals surface area contributed by atoms with Crippen molar-refractivity contribution in [3.8, 4) is 0 Å². The van der Waals surface area contributed by atoms with Crippen molar-refractivity contribution in [2.75, 3.05) is 0 Å². The van der Waals surface area contributed by atoms with Gasteiger partial charge >= 0.3 is 23.9 Å². The Morgan fingerprint density at radius 2 is 0.424 bits per heavy atom. The number of hydrogen-bond acceptors (Lipinski definition) is 20. The molecule has 0 saturated heterocycles. The number of rotatable bonds is 20. The van der Waals surface area contributed by atoms with Crippen molar-refractivity contribution in [2.45, 2.75) is 49.9 Å². The molecule has 12 aromatic rings. The third kappa shape index (κ3) is 16.3. The Balaban J connectivity index is 0.000000153. The molecule has 4 N–H and O–H groups in total. The molecule has 0 fully saturated rings. The smallest absolute Gasteiger partial charge is 0.327 e. The van der Waals surface area contributed by atoms with Gasteiger partial charge in [0.25, 0.3) is 70.0 Å². The fourth-order valence-corrected chi connectivity index (χ4v) is 14.5. The van der Waals surface area contributed by atoms with Crippen molar-refractivity contribution in [1.29, 1.82) is 0 Å². The number of nitrogens with zero attached hydrogens (tertiary/aromatic N) is 8. The van der Waals surface area contributed by atoms with E-state index in [9.17, 15) is 118 Å². The average molecular weight is 1770 g/mol. The first-order valence-corrected chi connectivity index (χ1v) is 35.0. The van der Waals surface area contributed by atoms with Crippen LogP contribution in [-0.2, 0) is 83.8 Å². The number of imide groups is 4. The number of benzene rings is 12. The van der Waals surface area contributed by atoms with E-state index in [2.05, 4.69) is 0 Å². The Hall–Kier alpha value is -15.0. The summed E-state index contributed by atoms with van der Waals surface area (Å²) in [6.45, 7) is 0. The number of aliphatic carboxylic acids is 4. The Morgan fingerprint density at radius 1 is 0.254 bits per heavy atom. The maximum Gasteiger partial charge on any atom is 0.327 e. The van der Waals surface area contributed by atoms with Crippen LogP contribution in [0, 0.1) is 40.5 Å². The van der Waals surface area contributed by atoms with Crippen molar-refractivity contribution in [3.05, 3.63) is 350 Å². The zero-order valence-electron chi connectivity index (χ0n) is 60.4. The van der Waals surface area contributed by atoms with Crippen molar-refractivity contribution < 1.29 is 137 Å². The fourth-order valence-electron chi connectivity index (χ4n) is 14.5. The molecule has 34 heteroatoms. The first kappa shape index (κ1) is 83.9. The van der Waals surface area contributed by atoms with E-state index in [4.69, 9.17) is 0 Å². The molecule has 0 unspecified atom stereocenters. The summed E-state index contributed by atoms with van der Waals surface area (Å²) < 4.78 is 0. The van der Waals surface area contributed by atoms with Crippen molar-refractivity contribution >= 4 is 137 Å². The fraction of sp³-hybridized carbons (Fsp3) is 0.0952. The van der Waals surface area contributed by atoms with Crippen molar-refractivity contribution in [1.82, 2.24) is 19.6 Å². The SMILES string of the molecule is O=C(O)[C@H](Cc1ccccc1)N1C(=O)c2cccc3cc([N+](=O)[O-])cc(c23)C1=O.O=C(O)[C@H](Cc1ccccc1)N1C(=O)c2cccc3cc([N+](=O)[O-])cc(c23)C1=O.O=C(O)[C@H](Cc1ccccc1)N1C(=O)c2cccc3cc([N+](=O)[O-])cc(c23)C1=O.O=C(O)[C@H](Cc1ccccc1)N1C(=O)c2cccc3cc([N+](=O)[O-])cc(c23)C1=O.[Rh].[Rh]. The Labute approximate surface area is 688 Å². The molecule has 0 bridgehead atoms. The molecule has 8 amide bonds. The predicted molar refractivity (Wildman–Crippen MR) is 411 cm³/mol. The molecule has 118 heavy (non-hydrogen) atoms. The van der Waals surface area contributed by atoms with Gasteiger partial charge in [0.2, 0.25) is 0 Å². The standard InChI is InChI=1S/4C21H14N2O6.2Rh/c4*24-19-15-8-4-7-13-10-14(23(28)29)11-16(18(13)15)20(25)22(19)17(21(26)27)9-12-5-2-1-3-6-12;;/h4*1-8,10-11,17H,9H2,(H,26,27);;/t4*17-;;/m0000../s1. The van der Waals surface area contributed by atoms with Crippen LogP contribution in [0.4, 0.5) is 22.7 Å². The van der Waals surface area contributed by atoms with Crippen LogP contribution in [0.5, 0.6) is 0 Å². The Kier molecular flexibility index (Phi) is 24.7. The number of carbonyl (C=O) groups is 12. The van der Waals surface area contributed by atoms with E-state index in [0.29, 0.717) is 84.9 Å². The monoisotopic (exact) mass is 1770 g/mol. The van der Waals surface area contributed by atoms with Crippen molar-refractivity contribution in [2.24, 2.45) is 0 Å². The van der Waals surface area contributed by atoms with E-state index < -0.39 is 115 Å². The van der Waals surface area contributed by atoms with E-state index in [-0.39, 0.29) is 132 Å². The van der Waals surface area contributed by atoms with Crippen LogP contribution in [-0.4, -0.2) is 155 Å². The quantitative estimate of drug-likeness (QED) is 0.0238. The molecular weight excluding hydrogens is 1710 g/mol. The molecule has 0 aliphatic carbocycles. The summed E-state index contributed by atoms with van der Waals surface area (Å²) in [5, 5.41) is 86.8. The van der Waals surface area contributed by atoms with E-state index in [1.54, 1.807) is 170 Å². The molecule has 4 atom stereocenters. The number of carboxylic acid groups (broad SMARTS) is 4. The zero-order chi connectivity index (χ0) is 82.8. The molecular formula is C84H56N8O24Rh2. The van der Waals surface area contributed by atoms with Crippen molar-refractivity contribution in [3.63, 3.8) is 0 Å². The van der Waals surface area contributed by atoms with Gasteiger partial charge in [0.15, 0.2) is 0 Å². The van der Waals surface area contributed by atoms with Crippen LogP contribution in [0.2, 0.25) is 0 Å². The summed E-state index contributed by atoms with van der Waals surface area (Å²) in [7, 11) is 0. The van der Waals surface area contributed by atoms with E-state index >= 15 is 0 Å². The number of amides is 8. The molecule has 32 nitrogen and oxygen atoms in total. The van der Waals surface area contributed by atoms with Gasteiger partial charge in [-0.15, -0.1) is 0 Å². The van der Waals surface area contributed by atoms with E-state index in [1.165, 1.54) is 48.5 Å². The molecule has 4 aliphatic rings. The number of hydrogen-bond donors (Lipinski definition) is 4. The maximum absolute atomic E-state index is 13.1. The Bertz CT molecular complexity index is 5520. The number of non-ortho nitro benzene ring substituents is 4. The largest absolute Gasteiger partial charge is 0.480 e. The van der Waals surface area contributed by atoms with Crippen LogP contribution in [0.3, 0.4) is 0 Å². The number of carboxylic acids is 4. The molecule has 4 aliphatic heterocycles. The maximum atomic E-state index is 13.1. The van der Waals surface area contributed by atoms with Gasteiger partial charge in [0.1, 0.15) is 24.2 Å². The predicted octanol–water partition coefficient (Wildman–Crippen LogP) is 12.2. The van der Waals surface area contributed by atoms with Gasteiger partial charge in [-0.25, -0.2) is 19.2 Å². The van der Waals surface area contributed by atoms with Crippen LogP contribution in [0.25, 0.3) is 43.1 Å². The van der Waals surface area contributed by atoms with Gasteiger partial charge in [0.05, 0.1) is 41.9 Å². The molecule has 4 heterocycles. The first-order chi connectivity index (χ1) is 55.5. The topological polar surface area (TPSA) is 471 Å². The number of nitro benzene ring substituents is 4. The third-order valence-electron chi connectivity index (χ3n) is 19.8. The third-order valence-corrected chi connectivity index (χ3v) is 19.8. The first-order valence-electron chi connectivity index (χ1n) is 35.0. The molecule has 0 saturated carbocycles. The normalized spacial score (nSPS) is 13.9. The minimum absolute atomic E-state index is 0.